The van der Waals surface area contributed by atoms with E-state index in [1.54, 1.807) is 0 Å². The summed E-state index contributed by atoms with van der Waals surface area (Å²) in [5.41, 5.74) is 16.0. The van der Waals surface area contributed by atoms with Gasteiger partial charge in [0.1, 0.15) is 0 Å². The van der Waals surface area contributed by atoms with Gasteiger partial charge in [0.25, 0.3) is 0 Å². The van der Waals surface area contributed by atoms with Crippen molar-refractivity contribution >= 4 is 40.5 Å². The topological polar surface area (TPSA) is 6.48 Å². The molecule has 0 amide bonds. The van der Waals surface area contributed by atoms with Crippen LogP contribution in [0.4, 0.5) is 22.7 Å². The fourth-order valence-electron chi connectivity index (χ4n) is 7.23. The molecule has 2 nitrogen and oxygen atoms in total. The second-order valence-electron chi connectivity index (χ2n) is 11.0. The van der Waals surface area contributed by atoms with Gasteiger partial charge in [-0.25, -0.2) is 0 Å². The largest absolute Gasteiger partial charge is 0.373 e. The molecule has 0 saturated heterocycles. The Morgan fingerprint density at radius 2 is 1.11 bits per heavy atom. The van der Waals surface area contributed by atoms with Gasteiger partial charge in [-0.1, -0.05) is 105 Å². The van der Waals surface area contributed by atoms with Crippen molar-refractivity contribution in [3.63, 3.8) is 0 Å². The van der Waals surface area contributed by atoms with Crippen LogP contribution in [0.25, 0.3) is 22.3 Å². The highest BCUT2D eigenvalue weighted by atomic mass is 15.2. The summed E-state index contributed by atoms with van der Waals surface area (Å²) < 4.78 is 0. The molecule has 5 aromatic rings. The van der Waals surface area contributed by atoms with Gasteiger partial charge >= 0.3 is 6.85 Å². The minimum absolute atomic E-state index is 0.104. The molecule has 3 heteroatoms. The van der Waals surface area contributed by atoms with Crippen LogP contribution in [0.15, 0.2) is 109 Å². The lowest BCUT2D eigenvalue weighted by molar-refractivity contribution is 0.661. The zero-order valence-corrected chi connectivity index (χ0v) is 21.4. The minimum Gasteiger partial charge on any atom is -0.373 e. The molecule has 0 fully saturated rings. The average Bonchev–Trinajstić information content (AvgIpc) is 3.39. The van der Waals surface area contributed by atoms with E-state index in [0.29, 0.717) is 0 Å². The number of rotatable bonds is 1. The van der Waals surface area contributed by atoms with Crippen molar-refractivity contribution in [2.75, 3.05) is 16.8 Å². The Hall–Kier alpha value is -4.24. The molecule has 8 rings (SSSR count). The van der Waals surface area contributed by atoms with E-state index in [4.69, 9.17) is 0 Å². The van der Waals surface area contributed by atoms with Gasteiger partial charge in [0.15, 0.2) is 0 Å². The normalized spacial score (nSPS) is 15.5. The van der Waals surface area contributed by atoms with E-state index in [9.17, 15) is 0 Å². The predicted molar refractivity (Wildman–Crippen MR) is 158 cm³/mol. The summed E-state index contributed by atoms with van der Waals surface area (Å²) in [6.07, 6.45) is 0. The van der Waals surface area contributed by atoms with Crippen LogP contribution in [-0.4, -0.2) is 13.9 Å². The average molecular weight is 474 g/mol. The summed E-state index contributed by atoms with van der Waals surface area (Å²) in [6.45, 7) is 4.90. The molecular formula is C34H27BN2. The van der Waals surface area contributed by atoms with E-state index in [0.717, 1.165) is 0 Å². The molecule has 0 saturated carbocycles. The molecule has 37 heavy (non-hydrogen) atoms. The SMILES string of the molecule is CN1c2ccccc2N(B2c3ccccc3-c3ccccc32)c2c1ccc1c2C(C)(C)c2ccccc2-1. The Balaban J connectivity index is 1.49. The Bertz CT molecular complexity index is 1710. The second kappa shape index (κ2) is 7.17. The molecule has 176 valence electrons. The van der Waals surface area contributed by atoms with Crippen LogP contribution in [-0.2, 0) is 5.41 Å². The summed E-state index contributed by atoms with van der Waals surface area (Å²) in [5, 5.41) is 0. The van der Waals surface area contributed by atoms with Crippen molar-refractivity contribution in [1.29, 1.82) is 0 Å². The molecule has 0 N–H and O–H groups in total. The van der Waals surface area contributed by atoms with Crippen LogP contribution in [0.1, 0.15) is 25.0 Å². The quantitative estimate of drug-likeness (QED) is 0.242. The Labute approximate surface area is 218 Å². The Kier molecular flexibility index (Phi) is 4.05. The smallest absolute Gasteiger partial charge is 0.329 e. The summed E-state index contributed by atoms with van der Waals surface area (Å²) in [7, 11) is 2.22. The van der Waals surface area contributed by atoms with Gasteiger partial charge < -0.3 is 9.71 Å². The van der Waals surface area contributed by atoms with Gasteiger partial charge in [-0.15, -0.1) is 0 Å². The molecule has 0 atom stereocenters. The number of hydrogen-bond acceptors (Lipinski definition) is 2. The molecule has 2 heterocycles. The lowest BCUT2D eigenvalue weighted by Gasteiger charge is -2.44. The molecule has 0 bridgehead atoms. The Morgan fingerprint density at radius 1 is 0.541 bits per heavy atom. The summed E-state index contributed by atoms with van der Waals surface area (Å²) in [6, 6.07) is 40.5. The molecule has 3 aliphatic rings. The predicted octanol–water partition coefficient (Wildman–Crippen LogP) is 7.00. The minimum atomic E-state index is -0.111. The van der Waals surface area contributed by atoms with Crippen LogP contribution < -0.4 is 20.6 Å². The highest BCUT2D eigenvalue weighted by molar-refractivity contribution is 6.93. The first-order chi connectivity index (χ1) is 18.1. The van der Waals surface area contributed by atoms with Crippen molar-refractivity contribution in [3.05, 3.63) is 120 Å². The number of fused-ring (bicyclic) bond motifs is 9. The number of nitrogens with zero attached hydrogens (tertiary/aromatic N) is 2. The van der Waals surface area contributed by atoms with Crippen LogP contribution >= 0.6 is 0 Å². The number of para-hydroxylation sites is 2. The molecule has 5 aromatic carbocycles. The first-order valence-electron chi connectivity index (χ1n) is 13.1. The highest BCUT2D eigenvalue weighted by Gasteiger charge is 2.46. The summed E-state index contributed by atoms with van der Waals surface area (Å²) in [5.74, 6) is 0. The lowest BCUT2D eigenvalue weighted by atomic mass is 9.51. The van der Waals surface area contributed by atoms with Gasteiger partial charge in [-0.3, -0.25) is 0 Å². The first-order valence-corrected chi connectivity index (χ1v) is 13.1. The van der Waals surface area contributed by atoms with E-state index in [1.165, 1.54) is 67.1 Å². The molecule has 0 aromatic heterocycles. The van der Waals surface area contributed by atoms with Gasteiger partial charge in [0.2, 0.25) is 0 Å². The van der Waals surface area contributed by atoms with Gasteiger partial charge in [-0.05, 0) is 62.5 Å². The first kappa shape index (κ1) is 20.9. The molecule has 0 spiro atoms. The van der Waals surface area contributed by atoms with Gasteiger partial charge in [0, 0.05) is 12.5 Å². The van der Waals surface area contributed by atoms with Gasteiger partial charge in [-0.2, -0.15) is 0 Å². The Morgan fingerprint density at radius 3 is 1.81 bits per heavy atom. The van der Waals surface area contributed by atoms with Crippen molar-refractivity contribution in [2.24, 2.45) is 0 Å². The van der Waals surface area contributed by atoms with Crippen LogP contribution in [0.3, 0.4) is 0 Å². The maximum atomic E-state index is 2.65. The molecule has 0 radical (unpaired) electrons. The van der Waals surface area contributed by atoms with Crippen molar-refractivity contribution in [2.45, 2.75) is 19.3 Å². The second-order valence-corrected chi connectivity index (χ2v) is 11.0. The van der Waals surface area contributed by atoms with Crippen molar-refractivity contribution in [3.8, 4) is 22.3 Å². The third-order valence-electron chi connectivity index (χ3n) is 8.84. The molecule has 0 unspecified atom stereocenters. The van der Waals surface area contributed by atoms with E-state index >= 15 is 0 Å². The molecule has 1 aliphatic carbocycles. The third-order valence-corrected chi connectivity index (χ3v) is 8.84. The van der Waals surface area contributed by atoms with E-state index in [1.807, 2.05) is 0 Å². The summed E-state index contributed by atoms with van der Waals surface area (Å²) in [4.78, 5) is 5.04. The van der Waals surface area contributed by atoms with E-state index in [2.05, 4.69) is 140 Å². The van der Waals surface area contributed by atoms with E-state index in [-0.39, 0.29) is 12.3 Å². The molecule has 2 aliphatic heterocycles. The fourth-order valence-corrected chi connectivity index (χ4v) is 7.23. The van der Waals surface area contributed by atoms with Gasteiger partial charge in [0.05, 0.1) is 22.7 Å². The maximum absolute atomic E-state index is 2.65. The number of hydrogen-bond donors (Lipinski definition) is 0. The van der Waals surface area contributed by atoms with Crippen LogP contribution in [0.5, 0.6) is 0 Å². The molecular weight excluding hydrogens is 447 g/mol. The van der Waals surface area contributed by atoms with Crippen LogP contribution in [0, 0.1) is 0 Å². The third kappa shape index (κ3) is 2.56. The monoisotopic (exact) mass is 474 g/mol. The number of benzene rings is 5. The van der Waals surface area contributed by atoms with E-state index < -0.39 is 0 Å². The lowest BCUT2D eigenvalue weighted by Crippen LogP contribution is -2.54. The zero-order valence-electron chi connectivity index (χ0n) is 21.4. The van der Waals surface area contributed by atoms with Crippen molar-refractivity contribution in [1.82, 2.24) is 0 Å². The maximum Gasteiger partial charge on any atom is 0.329 e. The fraction of sp³-hybridized carbons (Fsp3) is 0.118. The summed E-state index contributed by atoms with van der Waals surface area (Å²) >= 11 is 0. The van der Waals surface area contributed by atoms with Crippen molar-refractivity contribution < 1.29 is 0 Å². The standard InChI is InChI=1S/C34H27BN2/c1-34(2)26-15-7-4-12-22(26)25-20-21-31-33(32(25)34)37(30-19-11-10-18-29(30)36(31)3)35-27-16-8-5-13-23(27)24-14-6-9-17-28(24)35/h4-21H,1-3H3. The highest BCUT2D eigenvalue weighted by Crippen LogP contribution is 2.59. The number of anilines is 4. The zero-order chi connectivity index (χ0) is 24.9. The van der Waals surface area contributed by atoms with Crippen LogP contribution in [0.2, 0.25) is 0 Å².